The van der Waals surface area contributed by atoms with E-state index in [9.17, 15) is 9.59 Å². The molecule has 0 heterocycles. The lowest BCUT2D eigenvalue weighted by Crippen LogP contribution is -2.19. The molecule has 1 amide bonds. The highest BCUT2D eigenvalue weighted by Crippen LogP contribution is 2.11. The van der Waals surface area contributed by atoms with Crippen molar-refractivity contribution < 1.29 is 14.3 Å². The number of hydrogen-bond acceptors (Lipinski definition) is 4. The van der Waals surface area contributed by atoms with Crippen LogP contribution in [-0.4, -0.2) is 24.5 Å². The minimum Gasteiger partial charge on any atom is -0.462 e. The van der Waals surface area contributed by atoms with E-state index in [1.54, 1.807) is 31.2 Å². The SMILES string of the molecule is CCOC(=O)c1ccc(NC(=O)CCC(C)N)cc1.Cl. The van der Waals surface area contributed by atoms with Gasteiger partial charge < -0.3 is 15.8 Å². The minimum absolute atomic E-state index is 0. The second-order valence-corrected chi connectivity index (χ2v) is 4.36. The van der Waals surface area contributed by atoms with Gasteiger partial charge in [-0.3, -0.25) is 4.79 Å². The number of carbonyl (C=O) groups is 2. The summed E-state index contributed by atoms with van der Waals surface area (Å²) < 4.78 is 4.87. The monoisotopic (exact) mass is 300 g/mol. The first-order valence-electron chi connectivity index (χ1n) is 6.35. The lowest BCUT2D eigenvalue weighted by molar-refractivity contribution is -0.116. The molecule has 0 saturated heterocycles. The van der Waals surface area contributed by atoms with Crippen LogP contribution in [0.25, 0.3) is 0 Å². The number of nitrogens with one attached hydrogen (secondary N) is 1. The average molecular weight is 301 g/mol. The molecule has 1 rings (SSSR count). The van der Waals surface area contributed by atoms with Gasteiger partial charge in [-0.2, -0.15) is 0 Å². The van der Waals surface area contributed by atoms with E-state index < -0.39 is 0 Å². The molecule has 6 heteroatoms. The molecule has 0 aliphatic carbocycles. The highest BCUT2D eigenvalue weighted by atomic mass is 35.5. The van der Waals surface area contributed by atoms with Crippen LogP contribution < -0.4 is 11.1 Å². The quantitative estimate of drug-likeness (QED) is 0.790. The fourth-order valence-corrected chi connectivity index (χ4v) is 1.49. The Morgan fingerprint density at radius 1 is 1.30 bits per heavy atom. The van der Waals surface area contributed by atoms with Crippen LogP contribution >= 0.6 is 12.4 Å². The molecule has 0 aromatic heterocycles. The van der Waals surface area contributed by atoms with Crippen molar-refractivity contribution in [1.29, 1.82) is 0 Å². The third-order valence-electron chi connectivity index (χ3n) is 2.51. The van der Waals surface area contributed by atoms with Gasteiger partial charge in [-0.15, -0.1) is 12.4 Å². The largest absolute Gasteiger partial charge is 0.462 e. The van der Waals surface area contributed by atoms with E-state index in [0.29, 0.717) is 30.7 Å². The fourth-order valence-electron chi connectivity index (χ4n) is 1.49. The van der Waals surface area contributed by atoms with Crippen LogP contribution in [-0.2, 0) is 9.53 Å². The summed E-state index contributed by atoms with van der Waals surface area (Å²) in [4.78, 5) is 23.0. The Morgan fingerprint density at radius 2 is 1.90 bits per heavy atom. The first kappa shape index (κ1) is 18.4. The van der Waals surface area contributed by atoms with Crippen LogP contribution in [0.15, 0.2) is 24.3 Å². The van der Waals surface area contributed by atoms with Gasteiger partial charge in [0.1, 0.15) is 0 Å². The standard InChI is InChI=1S/C14H20N2O3.ClH/c1-3-19-14(18)11-5-7-12(8-6-11)16-13(17)9-4-10(2)15;/h5-8,10H,3-4,9,15H2,1-2H3,(H,16,17);1H. The highest BCUT2D eigenvalue weighted by Gasteiger charge is 2.07. The summed E-state index contributed by atoms with van der Waals surface area (Å²) in [6.07, 6.45) is 1.03. The molecule has 0 bridgehead atoms. The molecule has 0 fully saturated rings. The topological polar surface area (TPSA) is 81.4 Å². The maximum absolute atomic E-state index is 11.6. The van der Waals surface area contributed by atoms with E-state index in [0.717, 1.165) is 0 Å². The zero-order valence-corrected chi connectivity index (χ0v) is 12.5. The van der Waals surface area contributed by atoms with Crippen molar-refractivity contribution in [3.05, 3.63) is 29.8 Å². The number of rotatable bonds is 6. The molecule has 0 radical (unpaired) electrons. The van der Waals surface area contributed by atoms with E-state index >= 15 is 0 Å². The Balaban J connectivity index is 0.00000361. The lowest BCUT2D eigenvalue weighted by Gasteiger charge is -2.07. The number of ether oxygens (including phenoxy) is 1. The molecule has 1 aromatic rings. The number of nitrogens with two attached hydrogens (primary N) is 1. The number of halogens is 1. The molecule has 0 spiro atoms. The molecule has 1 aromatic carbocycles. The van der Waals surface area contributed by atoms with Crippen LogP contribution in [0.1, 0.15) is 37.0 Å². The van der Waals surface area contributed by atoms with Gasteiger partial charge in [0.2, 0.25) is 5.91 Å². The van der Waals surface area contributed by atoms with E-state index in [2.05, 4.69) is 5.32 Å². The Bertz CT molecular complexity index is 433. The Morgan fingerprint density at radius 3 is 2.40 bits per heavy atom. The normalized spacial score (nSPS) is 11.2. The fraction of sp³-hybridized carbons (Fsp3) is 0.429. The van der Waals surface area contributed by atoms with Gasteiger partial charge in [0.05, 0.1) is 12.2 Å². The van der Waals surface area contributed by atoms with Crippen molar-refractivity contribution in [1.82, 2.24) is 0 Å². The second kappa shape index (κ2) is 9.34. The number of hydrogen-bond donors (Lipinski definition) is 2. The molecular weight excluding hydrogens is 280 g/mol. The summed E-state index contributed by atoms with van der Waals surface area (Å²) in [5.74, 6) is -0.446. The van der Waals surface area contributed by atoms with E-state index in [1.807, 2.05) is 6.92 Å². The van der Waals surface area contributed by atoms with Crippen LogP contribution in [0.3, 0.4) is 0 Å². The molecule has 0 saturated carbocycles. The van der Waals surface area contributed by atoms with Crippen molar-refractivity contribution in [3.63, 3.8) is 0 Å². The van der Waals surface area contributed by atoms with Crippen LogP contribution in [0.4, 0.5) is 5.69 Å². The van der Waals surface area contributed by atoms with Crippen molar-refractivity contribution in [2.45, 2.75) is 32.7 Å². The van der Waals surface area contributed by atoms with Gasteiger partial charge in [-0.25, -0.2) is 4.79 Å². The number of carbonyl (C=O) groups excluding carboxylic acids is 2. The second-order valence-electron chi connectivity index (χ2n) is 4.36. The van der Waals surface area contributed by atoms with Gasteiger partial charge in [-0.1, -0.05) is 0 Å². The smallest absolute Gasteiger partial charge is 0.338 e. The predicted octanol–water partition coefficient (Wildman–Crippen LogP) is 2.35. The molecular formula is C14H21ClN2O3. The Hall–Kier alpha value is -1.59. The molecule has 0 aliphatic heterocycles. The minimum atomic E-state index is -0.364. The average Bonchev–Trinajstić information content (AvgIpc) is 2.37. The van der Waals surface area contributed by atoms with Crippen molar-refractivity contribution >= 4 is 30.0 Å². The zero-order chi connectivity index (χ0) is 14.3. The highest BCUT2D eigenvalue weighted by molar-refractivity contribution is 5.93. The van der Waals surface area contributed by atoms with Crippen LogP contribution in [0.2, 0.25) is 0 Å². The van der Waals surface area contributed by atoms with E-state index in [1.165, 1.54) is 0 Å². The Labute approximate surface area is 125 Å². The summed E-state index contributed by atoms with van der Waals surface area (Å²) in [6, 6.07) is 6.61. The number of amides is 1. The molecule has 1 atom stereocenters. The van der Waals surface area contributed by atoms with E-state index in [-0.39, 0.29) is 30.3 Å². The van der Waals surface area contributed by atoms with Crippen molar-refractivity contribution in [2.24, 2.45) is 5.73 Å². The molecule has 1 unspecified atom stereocenters. The van der Waals surface area contributed by atoms with E-state index in [4.69, 9.17) is 10.5 Å². The number of anilines is 1. The Kier molecular flexibility index (Phi) is 8.59. The van der Waals surface area contributed by atoms with Crippen molar-refractivity contribution in [2.75, 3.05) is 11.9 Å². The van der Waals surface area contributed by atoms with Crippen LogP contribution in [0.5, 0.6) is 0 Å². The van der Waals surface area contributed by atoms with Gasteiger partial charge >= 0.3 is 5.97 Å². The van der Waals surface area contributed by atoms with Crippen LogP contribution in [0, 0.1) is 0 Å². The lowest BCUT2D eigenvalue weighted by atomic mass is 10.1. The summed E-state index contributed by atoms with van der Waals surface area (Å²) in [5.41, 5.74) is 6.71. The first-order chi connectivity index (χ1) is 9.02. The third-order valence-corrected chi connectivity index (χ3v) is 2.51. The molecule has 3 N–H and O–H groups in total. The predicted molar refractivity (Wildman–Crippen MR) is 81.2 cm³/mol. The summed E-state index contributed by atoms with van der Waals surface area (Å²) in [5, 5.41) is 2.75. The summed E-state index contributed by atoms with van der Waals surface area (Å²) in [6.45, 7) is 3.96. The zero-order valence-electron chi connectivity index (χ0n) is 11.7. The number of benzene rings is 1. The molecule has 20 heavy (non-hydrogen) atoms. The maximum Gasteiger partial charge on any atom is 0.338 e. The molecule has 0 aliphatic rings. The van der Waals surface area contributed by atoms with Gasteiger partial charge in [0.25, 0.3) is 0 Å². The van der Waals surface area contributed by atoms with Gasteiger partial charge in [-0.05, 0) is 44.5 Å². The van der Waals surface area contributed by atoms with Crippen molar-refractivity contribution in [3.8, 4) is 0 Å². The summed E-state index contributed by atoms with van der Waals surface area (Å²) in [7, 11) is 0. The first-order valence-corrected chi connectivity index (χ1v) is 6.35. The summed E-state index contributed by atoms with van der Waals surface area (Å²) >= 11 is 0. The molecule has 112 valence electrons. The number of esters is 1. The molecule has 5 nitrogen and oxygen atoms in total. The van der Waals surface area contributed by atoms with Gasteiger partial charge in [0.15, 0.2) is 0 Å². The maximum atomic E-state index is 11.6. The van der Waals surface area contributed by atoms with Gasteiger partial charge in [0, 0.05) is 18.2 Å². The third kappa shape index (κ3) is 6.54.